The van der Waals surface area contributed by atoms with E-state index in [0.717, 1.165) is 21.3 Å². The van der Waals surface area contributed by atoms with Crippen LogP contribution in [0.15, 0.2) is 23.7 Å². The van der Waals surface area contributed by atoms with Crippen molar-refractivity contribution in [2.45, 2.75) is 38.7 Å². The van der Waals surface area contributed by atoms with Crippen molar-refractivity contribution in [3.63, 3.8) is 0 Å². The molecule has 2 N–H and O–H groups in total. The van der Waals surface area contributed by atoms with Crippen molar-refractivity contribution in [1.82, 2.24) is 20.3 Å². The van der Waals surface area contributed by atoms with Crippen molar-refractivity contribution >= 4 is 39.5 Å². The number of anilines is 2. The average molecular weight is 421 g/mol. The number of amides is 1. The zero-order chi connectivity index (χ0) is 19.9. The minimum Gasteiger partial charge on any atom is -0.349 e. The van der Waals surface area contributed by atoms with Gasteiger partial charge in [-0.3, -0.25) is 4.79 Å². The molecule has 146 valence electrons. The summed E-state index contributed by atoms with van der Waals surface area (Å²) in [7, 11) is 0. The fourth-order valence-electron chi connectivity index (χ4n) is 2.95. The first-order valence-electron chi connectivity index (χ1n) is 8.61. The Kier molecular flexibility index (Phi) is 4.84. The molecule has 0 radical (unpaired) electrons. The molecule has 0 aromatic carbocycles. The predicted molar refractivity (Wildman–Crippen MR) is 106 cm³/mol. The Morgan fingerprint density at radius 2 is 2.04 bits per heavy atom. The molecule has 0 bridgehead atoms. The Balaban J connectivity index is 1.38. The number of alkyl halides is 2. The zero-order valence-electron chi connectivity index (χ0n) is 15.1. The third-order valence-electron chi connectivity index (χ3n) is 4.33. The van der Waals surface area contributed by atoms with E-state index in [4.69, 9.17) is 0 Å². The highest BCUT2D eigenvalue weighted by atomic mass is 32.1. The molecule has 3 heterocycles. The number of halogens is 2. The van der Waals surface area contributed by atoms with Gasteiger partial charge in [-0.05, 0) is 26.0 Å². The zero-order valence-corrected chi connectivity index (χ0v) is 16.8. The Bertz CT molecular complexity index is 1010. The lowest BCUT2D eigenvalue weighted by molar-refractivity contribution is -0.0901. The van der Waals surface area contributed by atoms with Gasteiger partial charge in [-0.25, -0.2) is 23.7 Å². The average Bonchev–Trinajstić information content (AvgIpc) is 3.19. The summed E-state index contributed by atoms with van der Waals surface area (Å²) in [5.41, 5.74) is 2.15. The third-order valence-corrected chi connectivity index (χ3v) is 6.18. The summed E-state index contributed by atoms with van der Waals surface area (Å²) >= 11 is 3.05. The Hall–Kier alpha value is -2.46. The molecule has 3 aromatic heterocycles. The number of carbonyl (C=O) groups excluding carboxylic acids is 1. The lowest BCUT2D eigenvalue weighted by Crippen LogP contribution is -2.50. The number of carbonyl (C=O) groups is 1. The highest BCUT2D eigenvalue weighted by molar-refractivity contribution is 7.16. The molecule has 0 atom stereocenters. The van der Waals surface area contributed by atoms with Crippen LogP contribution in [0, 0.1) is 13.8 Å². The van der Waals surface area contributed by atoms with Crippen molar-refractivity contribution in [3.05, 3.63) is 40.0 Å². The minimum absolute atomic E-state index is 0.309. The van der Waals surface area contributed by atoms with E-state index in [0.29, 0.717) is 16.5 Å². The number of thiazole rings is 2. The monoisotopic (exact) mass is 421 g/mol. The second-order valence-electron chi connectivity index (χ2n) is 6.68. The molecule has 28 heavy (non-hydrogen) atoms. The van der Waals surface area contributed by atoms with Gasteiger partial charge in [-0.2, -0.15) is 0 Å². The molecule has 1 aliphatic carbocycles. The van der Waals surface area contributed by atoms with E-state index >= 15 is 0 Å². The molecular formula is C18H17F2N5OS2. The van der Waals surface area contributed by atoms with Crippen LogP contribution in [0.3, 0.4) is 0 Å². The normalized spacial score (nSPS) is 15.9. The van der Waals surface area contributed by atoms with Crippen LogP contribution >= 0.6 is 22.7 Å². The topological polar surface area (TPSA) is 79.8 Å². The quantitative estimate of drug-likeness (QED) is 0.632. The first-order valence-corrected chi connectivity index (χ1v) is 10.3. The number of hydrogen-bond acceptors (Lipinski definition) is 7. The van der Waals surface area contributed by atoms with Gasteiger partial charge in [0.2, 0.25) is 0 Å². The molecule has 3 aromatic rings. The Morgan fingerprint density at radius 1 is 1.25 bits per heavy atom. The molecule has 6 nitrogen and oxygen atoms in total. The van der Waals surface area contributed by atoms with Crippen molar-refractivity contribution in [3.8, 4) is 10.6 Å². The van der Waals surface area contributed by atoms with Gasteiger partial charge in [0, 0.05) is 30.5 Å². The highest BCUT2D eigenvalue weighted by Crippen LogP contribution is 2.37. The molecule has 1 fully saturated rings. The smallest absolute Gasteiger partial charge is 0.253 e. The van der Waals surface area contributed by atoms with Crippen molar-refractivity contribution in [1.29, 1.82) is 0 Å². The number of pyridine rings is 1. The highest BCUT2D eigenvalue weighted by Gasteiger charge is 2.45. The van der Waals surface area contributed by atoms with Crippen molar-refractivity contribution in [2.24, 2.45) is 0 Å². The summed E-state index contributed by atoms with van der Waals surface area (Å²) in [6.45, 7) is 3.92. The predicted octanol–water partition coefficient (Wildman–Crippen LogP) is 4.55. The molecule has 1 amide bonds. The summed E-state index contributed by atoms with van der Waals surface area (Å²) < 4.78 is 25.7. The second-order valence-corrected chi connectivity index (χ2v) is 8.74. The van der Waals surface area contributed by atoms with Crippen LogP contribution in [0.5, 0.6) is 0 Å². The number of hydrogen-bond donors (Lipinski definition) is 2. The maximum atomic E-state index is 12.9. The fourth-order valence-corrected chi connectivity index (χ4v) is 4.61. The van der Waals surface area contributed by atoms with Gasteiger partial charge in [0.05, 0.1) is 26.8 Å². The standard InChI is InChI=1S/C18H17F2N5OS2/c1-9-15(28-10(2)22-9)13-8-27-17(24-13)25-14-4-3-11(7-21-14)16(26)23-12-5-18(19,20)6-12/h3-4,7-8,12H,5-6H2,1-2H3,(H,23,26)(H,21,24,25). The van der Waals surface area contributed by atoms with E-state index in [1.807, 2.05) is 19.2 Å². The second kappa shape index (κ2) is 7.17. The summed E-state index contributed by atoms with van der Waals surface area (Å²) in [5, 5.41) is 9.34. The van der Waals surface area contributed by atoms with E-state index < -0.39 is 17.9 Å². The van der Waals surface area contributed by atoms with E-state index in [-0.39, 0.29) is 12.8 Å². The van der Waals surface area contributed by atoms with Crippen LogP contribution in [-0.2, 0) is 0 Å². The van der Waals surface area contributed by atoms with Gasteiger partial charge in [-0.1, -0.05) is 0 Å². The number of aryl methyl sites for hydroxylation is 2. The Morgan fingerprint density at radius 3 is 2.64 bits per heavy atom. The molecule has 0 saturated heterocycles. The lowest BCUT2D eigenvalue weighted by atomic mass is 9.88. The molecule has 0 spiro atoms. The van der Waals surface area contributed by atoms with Gasteiger partial charge in [0.15, 0.2) is 5.13 Å². The molecule has 1 aliphatic rings. The van der Waals surface area contributed by atoms with Crippen LogP contribution in [0.1, 0.15) is 33.9 Å². The van der Waals surface area contributed by atoms with E-state index in [1.165, 1.54) is 17.5 Å². The molecule has 0 unspecified atom stereocenters. The van der Waals surface area contributed by atoms with E-state index in [9.17, 15) is 13.6 Å². The summed E-state index contributed by atoms with van der Waals surface area (Å²) in [5.74, 6) is -2.51. The van der Waals surface area contributed by atoms with Crippen LogP contribution in [0.25, 0.3) is 10.6 Å². The Labute approximate surface area is 168 Å². The first kappa shape index (κ1) is 18.9. The van der Waals surface area contributed by atoms with Crippen LogP contribution < -0.4 is 10.6 Å². The largest absolute Gasteiger partial charge is 0.349 e. The van der Waals surface area contributed by atoms with E-state index in [1.54, 1.807) is 23.5 Å². The molecule has 1 saturated carbocycles. The van der Waals surface area contributed by atoms with E-state index in [2.05, 4.69) is 25.6 Å². The van der Waals surface area contributed by atoms with Gasteiger partial charge < -0.3 is 10.6 Å². The first-order chi connectivity index (χ1) is 13.3. The molecule has 0 aliphatic heterocycles. The van der Waals surface area contributed by atoms with Crippen LogP contribution in [0.4, 0.5) is 19.7 Å². The maximum Gasteiger partial charge on any atom is 0.253 e. The van der Waals surface area contributed by atoms with Gasteiger partial charge in [0.25, 0.3) is 11.8 Å². The lowest BCUT2D eigenvalue weighted by Gasteiger charge is -2.35. The summed E-state index contributed by atoms with van der Waals surface area (Å²) in [4.78, 5) is 26.3. The fraction of sp³-hybridized carbons (Fsp3) is 0.333. The number of aromatic nitrogens is 3. The van der Waals surface area contributed by atoms with Crippen LogP contribution in [0.2, 0.25) is 0 Å². The minimum atomic E-state index is -2.66. The molecular weight excluding hydrogens is 404 g/mol. The van der Waals surface area contributed by atoms with Crippen molar-refractivity contribution < 1.29 is 13.6 Å². The van der Waals surface area contributed by atoms with Gasteiger partial charge in [-0.15, -0.1) is 22.7 Å². The number of rotatable bonds is 5. The van der Waals surface area contributed by atoms with Gasteiger partial charge in [0.1, 0.15) is 5.82 Å². The van der Waals surface area contributed by atoms with Crippen molar-refractivity contribution in [2.75, 3.05) is 5.32 Å². The van der Waals surface area contributed by atoms with Crippen LogP contribution in [-0.4, -0.2) is 32.8 Å². The number of nitrogens with one attached hydrogen (secondary N) is 2. The van der Waals surface area contributed by atoms with Gasteiger partial charge >= 0.3 is 0 Å². The summed E-state index contributed by atoms with van der Waals surface area (Å²) in [6.07, 6.45) is 0.799. The molecule has 4 rings (SSSR count). The maximum absolute atomic E-state index is 12.9. The number of nitrogens with zero attached hydrogens (tertiary/aromatic N) is 3. The molecule has 10 heteroatoms. The third kappa shape index (κ3) is 4.02. The SMILES string of the molecule is Cc1nc(C)c(-c2csc(Nc3ccc(C(=O)NC4CC(F)(F)C4)cn3)n2)s1. The summed E-state index contributed by atoms with van der Waals surface area (Å²) in [6, 6.07) is 2.79.